The summed E-state index contributed by atoms with van der Waals surface area (Å²) < 4.78 is 0. The smallest absolute Gasteiger partial charge is 0.550 e. The van der Waals surface area contributed by atoms with Crippen LogP contribution in [-0.2, 0) is 24.0 Å². The number of carboxylic acid groups (broad SMARTS) is 5. The van der Waals surface area contributed by atoms with Crippen molar-refractivity contribution in [3.05, 3.63) is 0 Å². The minimum absolute atomic E-state index is 0. The van der Waals surface area contributed by atoms with Crippen LogP contribution in [0.1, 0.15) is 34.6 Å². The average Bonchev–Trinajstić information content (AvgIpc) is 1.94. The Kier molecular flexibility index (Phi) is 71.3. The molecule has 0 heterocycles. The zero-order valence-corrected chi connectivity index (χ0v) is 14.7. The molecule has 0 atom stereocenters. The number of rotatable bonds is 0. The van der Waals surface area contributed by atoms with Crippen molar-refractivity contribution in [2.45, 2.75) is 34.6 Å². The summed E-state index contributed by atoms with van der Waals surface area (Å²) >= 11 is 0. The van der Waals surface area contributed by atoms with Gasteiger partial charge in [-0.15, -0.1) is 0 Å². The van der Waals surface area contributed by atoms with Crippen molar-refractivity contribution in [3.8, 4) is 0 Å². The first-order chi connectivity index (χ1) is 8.66. The van der Waals surface area contributed by atoms with Gasteiger partial charge in [0.1, 0.15) is 0 Å². The van der Waals surface area contributed by atoms with E-state index in [1.54, 1.807) is 0 Å². The maximum absolute atomic E-state index is 9.00. The topological polar surface area (TPSA) is 189 Å². The molecule has 0 bridgehead atoms. The Labute approximate surface area is 154 Å². The van der Waals surface area contributed by atoms with E-state index in [4.69, 9.17) is 49.5 Å². The van der Waals surface area contributed by atoms with Crippen LogP contribution in [0.5, 0.6) is 0 Å². The van der Waals surface area contributed by atoms with Crippen LogP contribution in [0.15, 0.2) is 0 Å². The monoisotopic (exact) mass is 354 g/mol. The summed E-state index contributed by atoms with van der Waals surface area (Å²) in [4.78, 5) is 44.9. The van der Waals surface area contributed by atoms with Crippen molar-refractivity contribution in [1.82, 2.24) is 0 Å². The summed E-state index contributed by atoms with van der Waals surface area (Å²) in [7, 11) is 0. The summed E-state index contributed by atoms with van der Waals surface area (Å²) in [5.41, 5.74) is 0. The second kappa shape index (κ2) is 36.6. The third-order valence-corrected chi connectivity index (χ3v) is 0. The Morgan fingerprint density at radius 3 is 0.591 bits per heavy atom. The maximum atomic E-state index is 9.00. The molecule has 0 amide bonds. The van der Waals surface area contributed by atoms with Gasteiger partial charge >= 0.3 is 29.6 Å². The fourth-order valence-corrected chi connectivity index (χ4v) is 0. The molecule has 10 nitrogen and oxygen atoms in total. The van der Waals surface area contributed by atoms with Crippen LogP contribution in [0.4, 0.5) is 0 Å². The number of hydrogen-bond donors (Lipinski definition) is 4. The van der Waals surface area contributed by atoms with Crippen LogP contribution in [0.3, 0.4) is 0 Å². The molecule has 0 saturated carbocycles. The Morgan fingerprint density at radius 2 is 0.591 bits per heavy atom. The van der Waals surface area contributed by atoms with Gasteiger partial charge in [-0.2, -0.15) is 0 Å². The Bertz CT molecular complexity index is 216. The molecular weight excluding hydrogens is 331 g/mol. The molecule has 0 aromatic heterocycles. The summed E-state index contributed by atoms with van der Waals surface area (Å²) in [6.45, 7) is 5.31. The molecule has 0 saturated heterocycles. The number of aliphatic carboxylic acids is 5. The third kappa shape index (κ3) is 2790. The minimum Gasteiger partial charge on any atom is -0.550 e. The summed E-state index contributed by atoms with van der Waals surface area (Å²) in [6, 6.07) is 0. The van der Waals surface area contributed by atoms with Gasteiger partial charge < -0.3 is 30.3 Å². The molecule has 22 heavy (non-hydrogen) atoms. The predicted octanol–water partition coefficient (Wildman–Crippen LogP) is -5.33. The van der Waals surface area contributed by atoms with Crippen LogP contribution in [0.2, 0.25) is 0 Å². The number of carbonyl (C=O) groups excluding carboxylic acids is 1. The molecule has 0 aliphatic carbocycles. The SMILES string of the molecule is CC(=O)O.CC(=O)O.CC(=O)O.CC(=O)O.CC(=O)[O-].[Na+].[SiH4]. The van der Waals surface area contributed by atoms with Gasteiger partial charge in [-0.05, 0) is 17.9 Å². The Morgan fingerprint density at radius 1 is 0.591 bits per heavy atom. The van der Waals surface area contributed by atoms with Gasteiger partial charge in [0.05, 0.1) is 0 Å². The fourth-order valence-electron chi connectivity index (χ4n) is 0. The van der Waals surface area contributed by atoms with Crippen molar-refractivity contribution in [2.24, 2.45) is 0 Å². The van der Waals surface area contributed by atoms with Crippen LogP contribution < -0.4 is 34.7 Å². The number of hydrogen-bond acceptors (Lipinski definition) is 6. The second-order valence-electron chi connectivity index (χ2n) is 2.57. The Hall–Kier alpha value is -1.43. The first-order valence-corrected chi connectivity index (χ1v) is 4.62. The molecule has 0 fully saturated rings. The molecule has 0 aromatic carbocycles. The summed E-state index contributed by atoms with van der Waals surface area (Å²) in [6.07, 6.45) is 0. The molecule has 4 N–H and O–H groups in total. The molecule has 0 aliphatic heterocycles. The van der Waals surface area contributed by atoms with Gasteiger partial charge in [-0.3, -0.25) is 19.2 Å². The molecule has 0 radical (unpaired) electrons. The van der Waals surface area contributed by atoms with Gasteiger partial charge in [0, 0.05) is 33.7 Å². The maximum Gasteiger partial charge on any atom is 1.00 e. The van der Waals surface area contributed by atoms with E-state index in [2.05, 4.69) is 0 Å². The van der Waals surface area contributed by atoms with Crippen LogP contribution in [0.25, 0.3) is 0 Å². The first kappa shape index (κ1) is 42.8. The predicted molar refractivity (Wildman–Crippen MR) is 75.3 cm³/mol. The number of carboxylic acids is 5. The van der Waals surface area contributed by atoms with E-state index in [1.807, 2.05) is 0 Å². The van der Waals surface area contributed by atoms with E-state index >= 15 is 0 Å². The van der Waals surface area contributed by atoms with E-state index in [-0.39, 0.29) is 40.5 Å². The number of carbonyl (C=O) groups is 5. The van der Waals surface area contributed by atoms with Crippen molar-refractivity contribution < 1.29 is 79.1 Å². The van der Waals surface area contributed by atoms with Crippen molar-refractivity contribution in [1.29, 1.82) is 0 Å². The second-order valence-corrected chi connectivity index (χ2v) is 2.57. The standard InChI is InChI=1S/5C2H4O2.Na.H4Si/c5*1-2(3)4;;/h5*1H3,(H,3,4);;1H4/q;;;;;+1;/p-1. The van der Waals surface area contributed by atoms with Crippen LogP contribution in [-0.4, -0.2) is 61.2 Å². The van der Waals surface area contributed by atoms with Crippen molar-refractivity contribution in [3.63, 3.8) is 0 Å². The zero-order chi connectivity index (χ0) is 17.9. The third-order valence-electron chi connectivity index (χ3n) is 0. The summed E-state index contributed by atoms with van der Waals surface area (Å²) in [5.74, 6) is -4.42. The van der Waals surface area contributed by atoms with E-state index in [1.165, 1.54) is 0 Å². The fraction of sp³-hybridized carbons (Fsp3) is 0.500. The minimum atomic E-state index is -1.08. The molecule has 0 spiro atoms. The quantitative estimate of drug-likeness (QED) is 0.306. The van der Waals surface area contributed by atoms with Crippen LogP contribution in [0, 0.1) is 0 Å². The van der Waals surface area contributed by atoms with Gasteiger partial charge in [0.2, 0.25) is 0 Å². The molecule has 0 unspecified atom stereocenters. The zero-order valence-electron chi connectivity index (χ0n) is 12.7. The van der Waals surface area contributed by atoms with Crippen molar-refractivity contribution >= 4 is 40.8 Å². The van der Waals surface area contributed by atoms with Crippen molar-refractivity contribution in [2.75, 3.05) is 0 Å². The average molecular weight is 354 g/mol. The molecule has 12 heteroatoms. The van der Waals surface area contributed by atoms with Crippen LogP contribution >= 0.6 is 0 Å². The molecular formula is C10H23NaO10Si. The van der Waals surface area contributed by atoms with E-state index in [0.717, 1.165) is 34.6 Å². The van der Waals surface area contributed by atoms with E-state index in [0.29, 0.717) is 0 Å². The van der Waals surface area contributed by atoms with E-state index in [9.17, 15) is 0 Å². The normalized spacial score (nSPS) is 5.68. The van der Waals surface area contributed by atoms with Gasteiger partial charge in [-0.1, -0.05) is 0 Å². The first-order valence-electron chi connectivity index (χ1n) is 4.62. The Balaban J connectivity index is -0.0000000250. The molecule has 128 valence electrons. The van der Waals surface area contributed by atoms with E-state index < -0.39 is 29.8 Å². The van der Waals surface area contributed by atoms with Gasteiger partial charge in [0.15, 0.2) is 0 Å². The summed E-state index contributed by atoms with van der Waals surface area (Å²) in [5, 5.41) is 38.6. The molecule has 0 rings (SSSR count). The molecule has 0 aromatic rings. The van der Waals surface area contributed by atoms with Gasteiger partial charge in [-0.25, -0.2) is 0 Å². The van der Waals surface area contributed by atoms with Gasteiger partial charge in [0.25, 0.3) is 23.9 Å². The largest absolute Gasteiger partial charge is 1.00 e. The molecule has 0 aliphatic rings.